The van der Waals surface area contributed by atoms with Crippen LogP contribution in [0.2, 0.25) is 0 Å². The molecule has 8 nitrogen and oxygen atoms in total. The molecule has 0 radical (unpaired) electrons. The number of nitro groups is 1. The predicted molar refractivity (Wildman–Crippen MR) is 101 cm³/mol. The monoisotopic (exact) mass is 400 g/mol. The van der Waals surface area contributed by atoms with Crippen LogP contribution in [0.15, 0.2) is 24.3 Å². The van der Waals surface area contributed by atoms with Crippen molar-refractivity contribution in [2.75, 3.05) is 13.2 Å². The number of ether oxygens (including phenoxy) is 1. The second-order valence-corrected chi connectivity index (χ2v) is 6.92. The van der Waals surface area contributed by atoms with E-state index < -0.39 is 25.8 Å². The Morgan fingerprint density at radius 3 is 2.22 bits per heavy atom. The van der Waals surface area contributed by atoms with Gasteiger partial charge in [0.25, 0.3) is 5.69 Å². The number of unbranched alkanes of at least 4 members (excludes halogenated alkanes) is 7. The van der Waals surface area contributed by atoms with Gasteiger partial charge in [0.15, 0.2) is 5.75 Å². The number of non-ortho nitro benzene ring substituents is 1. The minimum absolute atomic E-state index is 0.108. The Bertz CT molecular complexity index is 592. The molecule has 1 aromatic carbocycles. The quantitative estimate of drug-likeness (QED) is 0.129. The minimum Gasteiger partial charge on any atom is -0.464 e. The lowest BCUT2D eigenvalue weighted by Crippen LogP contribution is -2.11. The van der Waals surface area contributed by atoms with Gasteiger partial charge in [-0.25, -0.2) is 9.32 Å². The molecule has 1 rings (SSSR count). The average Bonchev–Trinajstić information content (AvgIpc) is 2.65. The van der Waals surface area contributed by atoms with Gasteiger partial charge >= 0.3 is 14.2 Å². The number of carbonyl (C=O) groups excluding carboxylic acids is 1. The maximum atomic E-state index is 11.6. The van der Waals surface area contributed by atoms with Crippen molar-refractivity contribution in [2.24, 2.45) is 0 Å². The summed E-state index contributed by atoms with van der Waals surface area (Å²) in [7, 11) is -2.57. The molecule has 1 atom stereocenters. The van der Waals surface area contributed by atoms with E-state index in [1.165, 1.54) is 56.4 Å². The summed E-state index contributed by atoms with van der Waals surface area (Å²) in [5.74, 6) is -0.456. The van der Waals surface area contributed by atoms with Gasteiger partial charge in [-0.3, -0.25) is 10.1 Å². The molecule has 0 aliphatic carbocycles. The normalized spacial score (nSPS) is 11.1. The lowest BCUT2D eigenvalue weighted by molar-refractivity contribution is -0.384. The van der Waals surface area contributed by atoms with Gasteiger partial charge < -0.3 is 4.74 Å². The topological polar surface area (TPSA) is 105 Å². The highest BCUT2D eigenvalue weighted by molar-refractivity contribution is 7.33. The molecule has 0 spiro atoms. The standard InChI is InChI=1S/C18H27NO7P/c1-2-3-4-5-6-7-8-9-14-24-18(20)15-25-27(23)26-17-12-10-16(11-13-17)19(21)22/h10-13H,2-9,14-15H2,1H3/q+1. The second kappa shape index (κ2) is 14.1. The van der Waals surface area contributed by atoms with Crippen molar-refractivity contribution >= 4 is 19.9 Å². The molecule has 0 aliphatic rings. The third-order valence-electron chi connectivity index (χ3n) is 3.78. The molecule has 0 saturated heterocycles. The van der Waals surface area contributed by atoms with Crippen molar-refractivity contribution in [3.05, 3.63) is 34.4 Å². The zero-order valence-electron chi connectivity index (χ0n) is 15.6. The first-order valence-corrected chi connectivity index (χ1v) is 10.3. The molecule has 150 valence electrons. The Hall–Kier alpha value is -2.05. The van der Waals surface area contributed by atoms with Crippen LogP contribution in [0, 0.1) is 10.1 Å². The Balaban J connectivity index is 2.07. The van der Waals surface area contributed by atoms with Crippen LogP contribution in [-0.2, 0) is 18.6 Å². The van der Waals surface area contributed by atoms with Crippen LogP contribution >= 0.6 is 8.25 Å². The molecule has 9 heteroatoms. The van der Waals surface area contributed by atoms with Gasteiger partial charge in [-0.05, 0) is 18.6 Å². The van der Waals surface area contributed by atoms with Crippen molar-refractivity contribution in [2.45, 2.75) is 58.3 Å². The van der Waals surface area contributed by atoms with Crippen LogP contribution in [-0.4, -0.2) is 24.1 Å². The maximum absolute atomic E-state index is 11.6. The molecular formula is C18H27NO7P+. The van der Waals surface area contributed by atoms with Gasteiger partial charge in [-0.1, -0.05) is 56.4 Å². The zero-order valence-corrected chi connectivity index (χ0v) is 16.5. The van der Waals surface area contributed by atoms with Crippen LogP contribution < -0.4 is 4.52 Å². The number of rotatable bonds is 15. The number of hydrogen-bond donors (Lipinski definition) is 0. The third-order valence-corrected chi connectivity index (χ3v) is 4.48. The van der Waals surface area contributed by atoms with Crippen molar-refractivity contribution in [3.8, 4) is 5.75 Å². The Morgan fingerprint density at radius 2 is 1.63 bits per heavy atom. The van der Waals surface area contributed by atoms with Gasteiger partial charge in [0, 0.05) is 16.7 Å². The zero-order chi connectivity index (χ0) is 19.9. The Labute approximate surface area is 160 Å². The molecule has 0 aromatic heterocycles. The van der Waals surface area contributed by atoms with Crippen LogP contribution in [0.5, 0.6) is 5.75 Å². The molecule has 1 unspecified atom stereocenters. The number of esters is 1. The van der Waals surface area contributed by atoms with E-state index in [1.54, 1.807) is 0 Å². The summed E-state index contributed by atoms with van der Waals surface area (Å²) in [4.78, 5) is 21.5. The number of nitrogens with zero attached hydrogens (tertiary/aromatic N) is 1. The lowest BCUT2D eigenvalue weighted by atomic mass is 10.1. The van der Waals surface area contributed by atoms with Crippen LogP contribution in [0.25, 0.3) is 0 Å². The van der Waals surface area contributed by atoms with Crippen molar-refractivity contribution in [3.63, 3.8) is 0 Å². The molecule has 0 fully saturated rings. The molecular weight excluding hydrogens is 373 g/mol. The molecule has 0 aliphatic heterocycles. The summed E-state index contributed by atoms with van der Waals surface area (Å²) in [5.41, 5.74) is -0.108. The van der Waals surface area contributed by atoms with Gasteiger partial charge in [-0.2, -0.15) is 0 Å². The van der Waals surface area contributed by atoms with Gasteiger partial charge in [0.1, 0.15) is 0 Å². The van der Waals surface area contributed by atoms with E-state index in [0.29, 0.717) is 6.61 Å². The van der Waals surface area contributed by atoms with E-state index in [1.807, 2.05) is 0 Å². The summed E-state index contributed by atoms with van der Waals surface area (Å²) in [6.07, 6.45) is 9.20. The molecule has 0 bridgehead atoms. The van der Waals surface area contributed by atoms with Crippen LogP contribution in [0.3, 0.4) is 0 Å². The van der Waals surface area contributed by atoms with Crippen LogP contribution in [0.1, 0.15) is 58.3 Å². The summed E-state index contributed by atoms with van der Waals surface area (Å²) in [6, 6.07) is 5.04. The first kappa shape index (κ1) is 23.0. The Morgan fingerprint density at radius 1 is 1.04 bits per heavy atom. The molecule has 1 aromatic rings. The smallest absolute Gasteiger partial charge is 0.464 e. The van der Waals surface area contributed by atoms with E-state index in [4.69, 9.17) is 13.8 Å². The van der Waals surface area contributed by atoms with E-state index >= 15 is 0 Å². The average molecular weight is 400 g/mol. The number of benzene rings is 1. The first-order chi connectivity index (χ1) is 13.0. The highest BCUT2D eigenvalue weighted by Gasteiger charge is 2.25. The van der Waals surface area contributed by atoms with E-state index in [2.05, 4.69) is 6.92 Å². The summed E-state index contributed by atoms with van der Waals surface area (Å²) >= 11 is 0. The fraction of sp³-hybridized carbons (Fsp3) is 0.611. The first-order valence-electron chi connectivity index (χ1n) is 9.21. The molecule has 0 N–H and O–H groups in total. The maximum Gasteiger partial charge on any atom is 0.750 e. The number of hydrogen-bond acceptors (Lipinski definition) is 7. The predicted octanol–water partition coefficient (Wildman–Crippen LogP) is 5.33. The van der Waals surface area contributed by atoms with Gasteiger partial charge in [0.05, 0.1) is 11.5 Å². The Kier molecular flexibility index (Phi) is 12.0. The van der Waals surface area contributed by atoms with E-state index in [9.17, 15) is 19.5 Å². The molecule has 0 saturated carbocycles. The van der Waals surface area contributed by atoms with Crippen molar-refractivity contribution < 1.29 is 28.1 Å². The third kappa shape index (κ3) is 11.3. The fourth-order valence-electron chi connectivity index (χ4n) is 2.31. The molecule has 0 amide bonds. The van der Waals surface area contributed by atoms with Gasteiger partial charge in [0.2, 0.25) is 6.61 Å². The summed E-state index contributed by atoms with van der Waals surface area (Å²) < 4.78 is 26.4. The SMILES string of the molecule is CCCCCCCCCCOC(=O)CO[P+](=O)Oc1ccc([N+](=O)[O-])cc1. The molecule has 27 heavy (non-hydrogen) atoms. The van der Waals surface area contributed by atoms with Crippen molar-refractivity contribution in [1.82, 2.24) is 0 Å². The highest BCUT2D eigenvalue weighted by atomic mass is 31.1. The second-order valence-electron chi connectivity index (χ2n) is 6.03. The number of nitro benzene ring substituents is 1. The van der Waals surface area contributed by atoms with Crippen molar-refractivity contribution in [1.29, 1.82) is 0 Å². The van der Waals surface area contributed by atoms with Crippen LogP contribution in [0.4, 0.5) is 5.69 Å². The van der Waals surface area contributed by atoms with E-state index in [-0.39, 0.29) is 11.4 Å². The fourth-order valence-corrected chi connectivity index (χ4v) is 2.87. The summed E-state index contributed by atoms with van der Waals surface area (Å²) in [6.45, 7) is 2.03. The number of carbonyl (C=O) groups is 1. The van der Waals surface area contributed by atoms with E-state index in [0.717, 1.165) is 19.3 Å². The minimum atomic E-state index is -2.57. The molecule has 0 heterocycles. The highest BCUT2D eigenvalue weighted by Crippen LogP contribution is 2.29. The largest absolute Gasteiger partial charge is 0.750 e. The summed E-state index contributed by atoms with van der Waals surface area (Å²) in [5, 5.41) is 10.5. The van der Waals surface area contributed by atoms with Gasteiger partial charge in [-0.15, -0.1) is 0 Å². The lowest BCUT2D eigenvalue weighted by Gasteiger charge is -2.03.